The second-order valence-electron chi connectivity index (χ2n) is 4.86. The van der Waals surface area contributed by atoms with Gasteiger partial charge in [0.2, 0.25) is 5.91 Å². The second kappa shape index (κ2) is 5.74. The molecule has 1 amide bonds. The molecule has 0 aliphatic heterocycles. The lowest BCUT2D eigenvalue weighted by atomic mass is 10.1. The maximum absolute atomic E-state index is 12.2. The maximum Gasteiger partial charge on any atom is 0.227 e. The zero-order valence-corrected chi connectivity index (χ0v) is 11.6. The molecule has 0 fully saturated rings. The predicted octanol–water partition coefficient (Wildman–Crippen LogP) is 3.35. The monoisotopic (exact) mass is 257 g/mol. The summed E-state index contributed by atoms with van der Waals surface area (Å²) in [6.07, 6.45) is 2.05. The van der Waals surface area contributed by atoms with E-state index in [0.717, 1.165) is 11.3 Å². The quantitative estimate of drug-likeness (QED) is 0.841. The number of aryl methyl sites for hydroxylation is 1. The van der Waals surface area contributed by atoms with Crippen LogP contribution in [0.4, 0.5) is 0 Å². The molecule has 1 aromatic heterocycles. The van der Waals surface area contributed by atoms with Crippen LogP contribution >= 0.6 is 0 Å². The van der Waals surface area contributed by atoms with E-state index in [4.69, 9.17) is 4.42 Å². The minimum Gasteiger partial charge on any atom is -0.467 e. The van der Waals surface area contributed by atoms with E-state index in [0.29, 0.717) is 6.42 Å². The molecule has 0 aliphatic rings. The SMILES string of the molecule is Cc1ccc(CC(=O)N(C)C(C)c2ccco2)cc1. The first-order valence-electron chi connectivity index (χ1n) is 6.42. The Hall–Kier alpha value is -2.03. The average Bonchev–Trinajstić information content (AvgIpc) is 2.93. The Morgan fingerprint density at radius 1 is 1.26 bits per heavy atom. The molecule has 1 heterocycles. The number of benzene rings is 1. The molecular formula is C16H19NO2. The summed E-state index contributed by atoms with van der Waals surface area (Å²) < 4.78 is 5.34. The number of nitrogens with zero attached hydrogens (tertiary/aromatic N) is 1. The summed E-state index contributed by atoms with van der Waals surface area (Å²) in [5, 5.41) is 0. The van der Waals surface area contributed by atoms with Gasteiger partial charge in [-0.05, 0) is 31.5 Å². The Labute approximate surface area is 113 Å². The van der Waals surface area contributed by atoms with Crippen molar-refractivity contribution in [2.75, 3.05) is 7.05 Å². The van der Waals surface area contributed by atoms with E-state index in [1.54, 1.807) is 11.2 Å². The average molecular weight is 257 g/mol. The van der Waals surface area contributed by atoms with Gasteiger partial charge in [0.1, 0.15) is 5.76 Å². The third-order valence-electron chi connectivity index (χ3n) is 3.41. The van der Waals surface area contributed by atoms with E-state index in [-0.39, 0.29) is 11.9 Å². The Balaban J connectivity index is 2.01. The summed E-state index contributed by atoms with van der Waals surface area (Å²) in [5.41, 5.74) is 2.24. The fourth-order valence-electron chi connectivity index (χ4n) is 1.94. The number of amides is 1. The van der Waals surface area contributed by atoms with Gasteiger partial charge >= 0.3 is 0 Å². The molecule has 0 saturated carbocycles. The topological polar surface area (TPSA) is 33.5 Å². The standard InChI is InChI=1S/C16H19NO2/c1-12-6-8-14(9-7-12)11-16(18)17(3)13(2)15-5-4-10-19-15/h4-10,13H,11H2,1-3H3. The van der Waals surface area contributed by atoms with Gasteiger partial charge in [0.25, 0.3) is 0 Å². The van der Waals surface area contributed by atoms with Gasteiger partial charge in [0.15, 0.2) is 0 Å². The molecule has 2 rings (SSSR count). The van der Waals surface area contributed by atoms with E-state index in [1.807, 2.05) is 57.3 Å². The molecule has 0 saturated heterocycles. The van der Waals surface area contributed by atoms with E-state index in [9.17, 15) is 4.79 Å². The molecule has 100 valence electrons. The molecule has 0 bridgehead atoms. The Morgan fingerprint density at radius 3 is 2.53 bits per heavy atom. The number of carbonyl (C=O) groups is 1. The van der Waals surface area contributed by atoms with Crippen molar-refractivity contribution in [3.05, 3.63) is 59.5 Å². The highest BCUT2D eigenvalue weighted by Crippen LogP contribution is 2.19. The van der Waals surface area contributed by atoms with Crippen molar-refractivity contribution in [3.63, 3.8) is 0 Å². The summed E-state index contributed by atoms with van der Waals surface area (Å²) in [6, 6.07) is 11.7. The minimum absolute atomic E-state index is 0.0482. The molecule has 3 heteroatoms. The van der Waals surface area contributed by atoms with Crippen LogP contribution in [-0.2, 0) is 11.2 Å². The Kier molecular flexibility index (Phi) is 4.05. The van der Waals surface area contributed by atoms with Crippen LogP contribution in [0.3, 0.4) is 0 Å². The van der Waals surface area contributed by atoms with E-state index in [1.165, 1.54) is 5.56 Å². The molecule has 1 atom stereocenters. The predicted molar refractivity (Wildman–Crippen MR) is 74.8 cm³/mol. The molecule has 0 spiro atoms. The number of furan rings is 1. The Bertz CT molecular complexity index is 528. The van der Waals surface area contributed by atoms with Gasteiger partial charge in [0, 0.05) is 7.05 Å². The summed E-state index contributed by atoms with van der Waals surface area (Å²) in [5.74, 6) is 0.896. The Morgan fingerprint density at radius 2 is 1.95 bits per heavy atom. The van der Waals surface area contributed by atoms with Crippen molar-refractivity contribution < 1.29 is 9.21 Å². The van der Waals surface area contributed by atoms with Crippen molar-refractivity contribution in [1.82, 2.24) is 4.90 Å². The van der Waals surface area contributed by atoms with Gasteiger partial charge in [-0.25, -0.2) is 0 Å². The van der Waals surface area contributed by atoms with Gasteiger partial charge in [-0.2, -0.15) is 0 Å². The smallest absolute Gasteiger partial charge is 0.227 e. The molecule has 1 aromatic carbocycles. The van der Waals surface area contributed by atoms with Crippen LogP contribution in [0.15, 0.2) is 47.1 Å². The fraction of sp³-hybridized carbons (Fsp3) is 0.312. The lowest BCUT2D eigenvalue weighted by Crippen LogP contribution is -2.30. The molecule has 1 unspecified atom stereocenters. The molecular weight excluding hydrogens is 238 g/mol. The first-order chi connectivity index (χ1) is 9.08. The van der Waals surface area contributed by atoms with Crippen LogP contribution < -0.4 is 0 Å². The highest BCUT2D eigenvalue weighted by atomic mass is 16.3. The van der Waals surface area contributed by atoms with Crippen molar-refractivity contribution in [3.8, 4) is 0 Å². The zero-order valence-electron chi connectivity index (χ0n) is 11.6. The van der Waals surface area contributed by atoms with Crippen LogP contribution in [0.1, 0.15) is 29.9 Å². The number of carbonyl (C=O) groups excluding carboxylic acids is 1. The number of hydrogen-bond acceptors (Lipinski definition) is 2. The first kappa shape index (κ1) is 13.4. The van der Waals surface area contributed by atoms with E-state index >= 15 is 0 Å². The van der Waals surface area contributed by atoms with E-state index in [2.05, 4.69) is 0 Å². The van der Waals surface area contributed by atoms with Gasteiger partial charge in [-0.1, -0.05) is 29.8 Å². The van der Waals surface area contributed by atoms with Crippen LogP contribution in [0, 0.1) is 6.92 Å². The summed E-state index contributed by atoms with van der Waals surface area (Å²) in [7, 11) is 1.81. The lowest BCUT2D eigenvalue weighted by molar-refractivity contribution is -0.131. The van der Waals surface area contributed by atoms with Gasteiger partial charge in [-0.3, -0.25) is 4.79 Å². The van der Waals surface area contributed by atoms with Gasteiger partial charge in [0.05, 0.1) is 18.7 Å². The highest BCUT2D eigenvalue weighted by Gasteiger charge is 2.19. The van der Waals surface area contributed by atoms with Crippen molar-refractivity contribution >= 4 is 5.91 Å². The molecule has 0 N–H and O–H groups in total. The molecule has 2 aromatic rings. The molecule has 0 radical (unpaired) electrons. The number of rotatable bonds is 4. The maximum atomic E-state index is 12.2. The van der Waals surface area contributed by atoms with Crippen molar-refractivity contribution in [2.24, 2.45) is 0 Å². The summed E-state index contributed by atoms with van der Waals surface area (Å²) >= 11 is 0. The molecule has 19 heavy (non-hydrogen) atoms. The lowest BCUT2D eigenvalue weighted by Gasteiger charge is -2.23. The van der Waals surface area contributed by atoms with Crippen molar-refractivity contribution in [2.45, 2.75) is 26.3 Å². The first-order valence-corrected chi connectivity index (χ1v) is 6.42. The number of hydrogen-bond donors (Lipinski definition) is 0. The third kappa shape index (κ3) is 3.25. The van der Waals surface area contributed by atoms with Gasteiger partial charge in [-0.15, -0.1) is 0 Å². The fourth-order valence-corrected chi connectivity index (χ4v) is 1.94. The second-order valence-corrected chi connectivity index (χ2v) is 4.86. The van der Waals surface area contributed by atoms with Gasteiger partial charge < -0.3 is 9.32 Å². The van der Waals surface area contributed by atoms with E-state index < -0.39 is 0 Å². The number of likely N-dealkylation sites (N-methyl/N-ethyl adjacent to an activating group) is 1. The highest BCUT2D eigenvalue weighted by molar-refractivity contribution is 5.78. The summed E-state index contributed by atoms with van der Waals surface area (Å²) in [4.78, 5) is 13.9. The third-order valence-corrected chi connectivity index (χ3v) is 3.41. The zero-order chi connectivity index (χ0) is 13.8. The normalized spacial score (nSPS) is 12.2. The van der Waals surface area contributed by atoms with Crippen LogP contribution in [0.25, 0.3) is 0 Å². The largest absolute Gasteiger partial charge is 0.467 e. The molecule has 3 nitrogen and oxygen atoms in total. The van der Waals surface area contributed by atoms with Crippen LogP contribution in [-0.4, -0.2) is 17.9 Å². The summed E-state index contributed by atoms with van der Waals surface area (Å²) in [6.45, 7) is 4.00. The minimum atomic E-state index is -0.0482. The van der Waals surface area contributed by atoms with Crippen molar-refractivity contribution in [1.29, 1.82) is 0 Å². The van der Waals surface area contributed by atoms with Crippen LogP contribution in [0.5, 0.6) is 0 Å². The van der Waals surface area contributed by atoms with Crippen LogP contribution in [0.2, 0.25) is 0 Å². The molecule has 0 aliphatic carbocycles.